The standard InChI is InChI=1S/C7H10O3/c1-4-7(2,3)5-10-6(8)9/h1H,5H2,2-3H3,(H,8,9). The van der Waals surface area contributed by atoms with Gasteiger partial charge >= 0.3 is 6.16 Å². The van der Waals surface area contributed by atoms with Crippen LogP contribution in [0.25, 0.3) is 0 Å². The number of ether oxygens (including phenoxy) is 1. The van der Waals surface area contributed by atoms with E-state index in [1.165, 1.54) is 0 Å². The van der Waals surface area contributed by atoms with E-state index in [4.69, 9.17) is 11.5 Å². The molecular weight excluding hydrogens is 132 g/mol. The first-order valence-corrected chi connectivity index (χ1v) is 2.81. The number of terminal acetylenes is 1. The molecule has 0 spiro atoms. The molecule has 0 amide bonds. The van der Waals surface area contributed by atoms with Crippen molar-refractivity contribution in [3.8, 4) is 12.3 Å². The van der Waals surface area contributed by atoms with Gasteiger partial charge in [0.05, 0.1) is 5.41 Å². The zero-order valence-corrected chi connectivity index (χ0v) is 6.05. The van der Waals surface area contributed by atoms with Crippen LogP contribution in [0.4, 0.5) is 4.79 Å². The monoisotopic (exact) mass is 142 g/mol. The summed E-state index contributed by atoms with van der Waals surface area (Å²) >= 11 is 0. The highest BCUT2D eigenvalue weighted by molar-refractivity contribution is 5.56. The van der Waals surface area contributed by atoms with E-state index in [1.807, 2.05) is 0 Å². The smallest absolute Gasteiger partial charge is 0.450 e. The third-order valence-corrected chi connectivity index (χ3v) is 0.947. The van der Waals surface area contributed by atoms with Crippen molar-refractivity contribution in [2.45, 2.75) is 13.8 Å². The minimum atomic E-state index is -1.29. The highest BCUT2D eigenvalue weighted by Crippen LogP contribution is 2.12. The summed E-state index contributed by atoms with van der Waals surface area (Å²) in [5.74, 6) is 2.41. The maximum atomic E-state index is 9.87. The fourth-order valence-electron chi connectivity index (χ4n) is 0.284. The van der Waals surface area contributed by atoms with Crippen LogP contribution in [0.5, 0.6) is 0 Å². The second kappa shape index (κ2) is 3.11. The maximum absolute atomic E-state index is 9.87. The van der Waals surface area contributed by atoms with Crippen molar-refractivity contribution in [1.82, 2.24) is 0 Å². The summed E-state index contributed by atoms with van der Waals surface area (Å²) in [5, 5.41) is 8.08. The van der Waals surface area contributed by atoms with Crippen molar-refractivity contribution < 1.29 is 14.6 Å². The summed E-state index contributed by atoms with van der Waals surface area (Å²) in [6.07, 6.45) is 3.78. The molecule has 3 nitrogen and oxygen atoms in total. The van der Waals surface area contributed by atoms with Crippen molar-refractivity contribution >= 4 is 6.16 Å². The predicted molar refractivity (Wildman–Crippen MR) is 36.6 cm³/mol. The summed E-state index contributed by atoms with van der Waals surface area (Å²) < 4.78 is 4.27. The zero-order valence-electron chi connectivity index (χ0n) is 6.05. The van der Waals surface area contributed by atoms with Gasteiger partial charge in [0, 0.05) is 0 Å². The Labute approximate surface area is 60.0 Å². The van der Waals surface area contributed by atoms with Crippen molar-refractivity contribution in [3.63, 3.8) is 0 Å². The van der Waals surface area contributed by atoms with Gasteiger partial charge in [-0.3, -0.25) is 0 Å². The SMILES string of the molecule is C#CC(C)(C)COC(=O)O. The molecule has 0 bridgehead atoms. The van der Waals surface area contributed by atoms with Crippen molar-refractivity contribution in [2.24, 2.45) is 5.41 Å². The number of carbonyl (C=O) groups is 1. The van der Waals surface area contributed by atoms with Crippen LogP contribution >= 0.6 is 0 Å². The number of rotatable bonds is 2. The van der Waals surface area contributed by atoms with Crippen LogP contribution in [0.2, 0.25) is 0 Å². The third-order valence-electron chi connectivity index (χ3n) is 0.947. The van der Waals surface area contributed by atoms with E-state index in [9.17, 15) is 4.79 Å². The topological polar surface area (TPSA) is 46.5 Å². The molecule has 0 heterocycles. The van der Waals surface area contributed by atoms with E-state index in [0.717, 1.165) is 0 Å². The molecule has 0 atom stereocenters. The maximum Gasteiger partial charge on any atom is 0.505 e. The Kier molecular flexibility index (Phi) is 2.75. The van der Waals surface area contributed by atoms with Gasteiger partial charge in [0.15, 0.2) is 0 Å². The van der Waals surface area contributed by atoms with Gasteiger partial charge < -0.3 is 9.84 Å². The molecule has 0 aliphatic heterocycles. The van der Waals surface area contributed by atoms with E-state index >= 15 is 0 Å². The molecule has 56 valence electrons. The quantitative estimate of drug-likeness (QED) is 0.467. The highest BCUT2D eigenvalue weighted by Gasteiger charge is 2.15. The van der Waals surface area contributed by atoms with Crippen LogP contribution in [0.1, 0.15) is 13.8 Å². The first-order chi connectivity index (χ1) is 4.48. The lowest BCUT2D eigenvalue weighted by Gasteiger charge is -2.14. The number of hydrogen-bond donors (Lipinski definition) is 1. The number of hydrogen-bond acceptors (Lipinski definition) is 2. The minimum absolute atomic E-state index is 0.0405. The summed E-state index contributed by atoms with van der Waals surface area (Å²) in [7, 11) is 0. The van der Waals surface area contributed by atoms with Crippen LogP contribution in [-0.2, 0) is 4.74 Å². The predicted octanol–water partition coefficient (Wildman–Crippen LogP) is 1.34. The second-order valence-corrected chi connectivity index (χ2v) is 2.58. The average Bonchev–Trinajstić information content (AvgIpc) is 1.85. The van der Waals surface area contributed by atoms with Crippen molar-refractivity contribution in [3.05, 3.63) is 0 Å². The zero-order chi connectivity index (χ0) is 8.20. The van der Waals surface area contributed by atoms with Gasteiger partial charge in [-0.15, -0.1) is 6.42 Å². The van der Waals surface area contributed by atoms with Crippen LogP contribution < -0.4 is 0 Å². The molecule has 0 aromatic rings. The Hall–Kier alpha value is -1.17. The van der Waals surface area contributed by atoms with Crippen LogP contribution in [-0.4, -0.2) is 17.9 Å². The van der Waals surface area contributed by atoms with Crippen LogP contribution in [0.15, 0.2) is 0 Å². The molecule has 0 aromatic heterocycles. The first kappa shape index (κ1) is 8.83. The Morgan fingerprint density at radius 1 is 1.80 bits per heavy atom. The van der Waals surface area contributed by atoms with E-state index in [2.05, 4.69) is 10.7 Å². The van der Waals surface area contributed by atoms with E-state index < -0.39 is 11.6 Å². The molecule has 0 radical (unpaired) electrons. The lowest BCUT2D eigenvalue weighted by atomic mass is 9.97. The van der Waals surface area contributed by atoms with Gasteiger partial charge in [-0.25, -0.2) is 4.79 Å². The molecular formula is C7H10O3. The summed E-state index contributed by atoms with van der Waals surface area (Å²) in [5.41, 5.74) is -0.502. The van der Waals surface area contributed by atoms with Crippen LogP contribution in [0, 0.1) is 17.8 Å². The lowest BCUT2D eigenvalue weighted by molar-refractivity contribution is 0.0708. The van der Waals surface area contributed by atoms with E-state index in [-0.39, 0.29) is 6.61 Å². The van der Waals surface area contributed by atoms with Gasteiger partial charge in [-0.2, -0.15) is 0 Å². The van der Waals surface area contributed by atoms with Gasteiger partial charge in [0.25, 0.3) is 0 Å². The molecule has 0 rings (SSSR count). The van der Waals surface area contributed by atoms with E-state index in [0.29, 0.717) is 0 Å². The highest BCUT2D eigenvalue weighted by atomic mass is 16.7. The Morgan fingerprint density at radius 3 is 2.60 bits per heavy atom. The molecule has 0 aliphatic rings. The molecule has 3 heteroatoms. The molecule has 0 fully saturated rings. The van der Waals surface area contributed by atoms with E-state index in [1.54, 1.807) is 13.8 Å². The summed E-state index contributed by atoms with van der Waals surface area (Å²) in [6.45, 7) is 3.50. The largest absolute Gasteiger partial charge is 0.505 e. The lowest BCUT2D eigenvalue weighted by Crippen LogP contribution is -2.18. The Morgan fingerprint density at radius 2 is 2.30 bits per heavy atom. The molecule has 10 heavy (non-hydrogen) atoms. The molecule has 0 aliphatic carbocycles. The average molecular weight is 142 g/mol. The normalized spacial score (nSPS) is 10.1. The fourth-order valence-corrected chi connectivity index (χ4v) is 0.284. The van der Waals surface area contributed by atoms with Gasteiger partial charge in [-0.05, 0) is 13.8 Å². The summed E-state index contributed by atoms with van der Waals surface area (Å²) in [4.78, 5) is 9.87. The summed E-state index contributed by atoms with van der Waals surface area (Å²) in [6, 6.07) is 0. The van der Waals surface area contributed by atoms with Crippen LogP contribution in [0.3, 0.4) is 0 Å². The minimum Gasteiger partial charge on any atom is -0.450 e. The third kappa shape index (κ3) is 3.79. The van der Waals surface area contributed by atoms with Gasteiger partial charge in [0.1, 0.15) is 6.61 Å². The molecule has 0 saturated heterocycles. The molecule has 0 aromatic carbocycles. The number of carboxylic acid groups (broad SMARTS) is 1. The molecule has 0 unspecified atom stereocenters. The molecule has 1 N–H and O–H groups in total. The Balaban J connectivity index is 3.71. The van der Waals surface area contributed by atoms with Gasteiger partial charge in [0.2, 0.25) is 0 Å². The first-order valence-electron chi connectivity index (χ1n) is 2.81. The fraction of sp³-hybridized carbons (Fsp3) is 0.571. The Bertz CT molecular complexity index is 164. The van der Waals surface area contributed by atoms with Gasteiger partial charge in [-0.1, -0.05) is 5.92 Å². The van der Waals surface area contributed by atoms with Crippen molar-refractivity contribution in [2.75, 3.05) is 6.61 Å². The second-order valence-electron chi connectivity index (χ2n) is 2.58. The van der Waals surface area contributed by atoms with Crippen molar-refractivity contribution in [1.29, 1.82) is 0 Å². The molecule has 0 saturated carbocycles.